The number of fused-ring (bicyclic) bond motifs is 1. The first-order valence-electron chi connectivity index (χ1n) is 10.1. The van der Waals surface area contributed by atoms with Crippen molar-refractivity contribution in [3.05, 3.63) is 54.1 Å². The molecule has 2 aromatic carbocycles. The zero-order valence-electron chi connectivity index (χ0n) is 17.4. The second-order valence-electron chi connectivity index (χ2n) is 7.22. The number of hydrogen-bond donors (Lipinski definition) is 0. The summed E-state index contributed by atoms with van der Waals surface area (Å²) in [5.74, 6) is 0.702. The topological polar surface area (TPSA) is 76.2 Å². The van der Waals surface area contributed by atoms with Crippen LogP contribution in [0.5, 0.6) is 11.5 Å². The van der Waals surface area contributed by atoms with E-state index in [1.54, 1.807) is 11.0 Å². The van der Waals surface area contributed by atoms with Gasteiger partial charge in [0.2, 0.25) is 15.9 Å². The minimum absolute atomic E-state index is 0.0761. The zero-order valence-corrected chi connectivity index (χ0v) is 18.2. The Balaban J connectivity index is 1.73. The van der Waals surface area contributed by atoms with Crippen LogP contribution in [0, 0.1) is 0 Å². The van der Waals surface area contributed by atoms with Gasteiger partial charge in [0.15, 0.2) is 11.5 Å². The lowest BCUT2D eigenvalue weighted by Gasteiger charge is -2.25. The molecule has 0 saturated carbocycles. The molecule has 0 aliphatic carbocycles. The van der Waals surface area contributed by atoms with Crippen molar-refractivity contribution in [2.24, 2.45) is 0 Å². The molecule has 2 aromatic rings. The molecule has 0 spiro atoms. The molecule has 0 bridgehead atoms. The summed E-state index contributed by atoms with van der Waals surface area (Å²) in [5.41, 5.74) is 1.01. The summed E-state index contributed by atoms with van der Waals surface area (Å²) >= 11 is 0. The number of ether oxygens (including phenoxy) is 2. The fourth-order valence-electron chi connectivity index (χ4n) is 3.23. The van der Waals surface area contributed by atoms with Crippen LogP contribution >= 0.6 is 0 Å². The van der Waals surface area contributed by atoms with E-state index in [0.717, 1.165) is 22.7 Å². The van der Waals surface area contributed by atoms with Gasteiger partial charge in [-0.15, -0.1) is 0 Å². The van der Waals surface area contributed by atoms with Crippen molar-refractivity contribution in [2.75, 3.05) is 33.4 Å². The van der Waals surface area contributed by atoms with Crippen LogP contribution in [0.15, 0.2) is 53.4 Å². The van der Waals surface area contributed by atoms with Crippen LogP contribution in [0.3, 0.4) is 0 Å². The second-order valence-corrected chi connectivity index (χ2v) is 9.27. The molecule has 7 nitrogen and oxygen atoms in total. The second kappa shape index (κ2) is 9.95. The Bertz CT molecular complexity index is 963. The molecule has 8 heteroatoms. The number of nitrogens with zero attached hydrogens (tertiary/aromatic N) is 2. The molecule has 0 aromatic heterocycles. The number of hydrogen-bond acceptors (Lipinski definition) is 5. The monoisotopic (exact) mass is 432 g/mol. The van der Waals surface area contributed by atoms with E-state index in [4.69, 9.17) is 9.47 Å². The van der Waals surface area contributed by atoms with Gasteiger partial charge in [0, 0.05) is 32.6 Å². The van der Waals surface area contributed by atoms with E-state index in [1.165, 1.54) is 19.2 Å². The Morgan fingerprint density at radius 1 is 1.03 bits per heavy atom. The molecule has 0 unspecified atom stereocenters. The average molecular weight is 433 g/mol. The van der Waals surface area contributed by atoms with Crippen molar-refractivity contribution in [3.63, 3.8) is 0 Å². The summed E-state index contributed by atoms with van der Waals surface area (Å²) in [7, 11) is -2.43. The number of amides is 1. The molecule has 1 aliphatic rings. The Morgan fingerprint density at radius 2 is 1.73 bits per heavy atom. The first-order valence-corrected chi connectivity index (χ1v) is 11.5. The minimum atomic E-state index is -3.85. The van der Waals surface area contributed by atoms with Gasteiger partial charge in [0.25, 0.3) is 0 Å². The lowest BCUT2D eigenvalue weighted by Crippen LogP contribution is -2.41. The third-order valence-corrected chi connectivity index (χ3v) is 6.65. The van der Waals surface area contributed by atoms with Gasteiger partial charge in [-0.3, -0.25) is 4.79 Å². The van der Waals surface area contributed by atoms with Crippen molar-refractivity contribution in [1.29, 1.82) is 0 Å². The highest BCUT2D eigenvalue weighted by atomic mass is 32.2. The highest BCUT2D eigenvalue weighted by Gasteiger charge is 2.26. The van der Waals surface area contributed by atoms with E-state index < -0.39 is 10.0 Å². The fourth-order valence-corrected chi connectivity index (χ4v) is 4.36. The first kappa shape index (κ1) is 22.1. The molecule has 0 N–H and O–H groups in total. The van der Waals surface area contributed by atoms with Gasteiger partial charge in [-0.1, -0.05) is 37.3 Å². The molecule has 1 amide bonds. The Kier molecular flexibility index (Phi) is 7.33. The van der Waals surface area contributed by atoms with E-state index in [-0.39, 0.29) is 17.3 Å². The first-order chi connectivity index (χ1) is 14.4. The number of carbonyl (C=O) groups is 1. The molecule has 3 rings (SSSR count). The molecule has 1 aliphatic heterocycles. The van der Waals surface area contributed by atoms with E-state index in [0.29, 0.717) is 37.8 Å². The maximum absolute atomic E-state index is 13.0. The Hall–Kier alpha value is -2.58. The van der Waals surface area contributed by atoms with Crippen molar-refractivity contribution in [2.45, 2.75) is 31.2 Å². The average Bonchev–Trinajstić information content (AvgIpc) is 2.99. The third kappa shape index (κ3) is 5.31. The SMILES string of the molecule is CCCN(Cc1ccccc1)C(=O)CN(C)S(=O)(=O)c1ccc2c(c1)OCCCO2. The van der Waals surface area contributed by atoms with Gasteiger partial charge in [0.05, 0.1) is 24.7 Å². The number of rotatable bonds is 8. The van der Waals surface area contributed by atoms with Crippen LogP contribution < -0.4 is 9.47 Å². The number of benzene rings is 2. The minimum Gasteiger partial charge on any atom is -0.490 e. The summed E-state index contributed by atoms with van der Waals surface area (Å²) in [5, 5.41) is 0. The summed E-state index contributed by atoms with van der Waals surface area (Å²) < 4.78 is 38.3. The van der Waals surface area contributed by atoms with Crippen molar-refractivity contribution in [3.8, 4) is 11.5 Å². The standard InChI is InChI=1S/C22H28N2O5S/c1-3-12-24(16-18-8-5-4-6-9-18)22(25)17-23(2)30(26,27)19-10-11-20-21(15-19)29-14-7-13-28-20/h4-6,8-11,15H,3,7,12-14,16-17H2,1-2H3. The van der Waals surface area contributed by atoms with Crippen LogP contribution in [0.25, 0.3) is 0 Å². The quantitative estimate of drug-likeness (QED) is 0.641. The predicted octanol–water partition coefficient (Wildman–Crippen LogP) is 2.91. The van der Waals surface area contributed by atoms with Crippen molar-refractivity contribution >= 4 is 15.9 Å². The lowest BCUT2D eigenvalue weighted by atomic mass is 10.2. The van der Waals surface area contributed by atoms with E-state index in [2.05, 4.69) is 0 Å². The van der Waals surface area contributed by atoms with Crippen molar-refractivity contribution in [1.82, 2.24) is 9.21 Å². The van der Waals surface area contributed by atoms with Crippen LogP contribution in [-0.2, 0) is 21.4 Å². The molecule has 162 valence electrons. The van der Waals surface area contributed by atoms with E-state index in [1.807, 2.05) is 37.3 Å². The summed E-state index contributed by atoms with van der Waals surface area (Å²) in [4.78, 5) is 14.6. The third-order valence-electron chi connectivity index (χ3n) is 4.85. The number of carbonyl (C=O) groups excluding carboxylic acids is 1. The van der Waals surface area contributed by atoms with Crippen LogP contribution in [0.4, 0.5) is 0 Å². The predicted molar refractivity (Wildman–Crippen MR) is 114 cm³/mol. The molecule has 0 atom stereocenters. The maximum Gasteiger partial charge on any atom is 0.243 e. The van der Waals surface area contributed by atoms with Gasteiger partial charge >= 0.3 is 0 Å². The van der Waals surface area contributed by atoms with E-state index in [9.17, 15) is 13.2 Å². The highest BCUT2D eigenvalue weighted by Crippen LogP contribution is 2.32. The number of likely N-dealkylation sites (N-methyl/N-ethyl adjacent to an activating group) is 1. The molecule has 0 radical (unpaired) electrons. The van der Waals surface area contributed by atoms with Gasteiger partial charge in [-0.2, -0.15) is 4.31 Å². The largest absolute Gasteiger partial charge is 0.490 e. The summed E-state index contributed by atoms with van der Waals surface area (Å²) in [6, 6.07) is 14.2. The van der Waals surface area contributed by atoms with Gasteiger partial charge in [-0.25, -0.2) is 8.42 Å². The Labute approximate surface area is 178 Å². The van der Waals surface area contributed by atoms with Gasteiger partial charge in [0.1, 0.15) is 0 Å². The van der Waals surface area contributed by atoms with E-state index >= 15 is 0 Å². The van der Waals surface area contributed by atoms with Crippen molar-refractivity contribution < 1.29 is 22.7 Å². The highest BCUT2D eigenvalue weighted by molar-refractivity contribution is 7.89. The van der Waals surface area contributed by atoms with Crippen LogP contribution in [0.2, 0.25) is 0 Å². The number of sulfonamides is 1. The normalized spacial score (nSPS) is 13.7. The molecule has 0 fully saturated rings. The van der Waals surface area contributed by atoms with Crippen LogP contribution in [-0.4, -0.2) is 56.9 Å². The zero-order chi connectivity index (χ0) is 21.6. The summed E-state index contributed by atoms with van der Waals surface area (Å²) in [6.07, 6.45) is 1.52. The molecule has 30 heavy (non-hydrogen) atoms. The molecule has 0 saturated heterocycles. The molecule has 1 heterocycles. The fraction of sp³-hybridized carbons (Fsp3) is 0.409. The smallest absolute Gasteiger partial charge is 0.243 e. The van der Waals surface area contributed by atoms with Gasteiger partial charge < -0.3 is 14.4 Å². The molecular formula is C22H28N2O5S. The molecular weight excluding hydrogens is 404 g/mol. The maximum atomic E-state index is 13.0. The van der Waals surface area contributed by atoms with Gasteiger partial charge in [-0.05, 0) is 24.1 Å². The van der Waals surface area contributed by atoms with Crippen LogP contribution in [0.1, 0.15) is 25.3 Å². The summed E-state index contributed by atoms with van der Waals surface area (Å²) in [6.45, 7) is 3.77. The lowest BCUT2D eigenvalue weighted by molar-refractivity contribution is -0.131. The Morgan fingerprint density at radius 3 is 2.43 bits per heavy atom.